The van der Waals surface area contributed by atoms with Gasteiger partial charge < -0.3 is 5.32 Å². The Labute approximate surface area is 86.2 Å². The van der Waals surface area contributed by atoms with Crippen molar-refractivity contribution in [2.24, 2.45) is 5.10 Å². The summed E-state index contributed by atoms with van der Waals surface area (Å²) in [6.45, 7) is 1.94. The van der Waals surface area contributed by atoms with Crippen LogP contribution in [0.5, 0.6) is 0 Å². The Kier molecular flexibility index (Phi) is 3.78. The molecule has 0 fully saturated rings. The summed E-state index contributed by atoms with van der Waals surface area (Å²) in [4.78, 5) is 1.00. The molecule has 1 aromatic rings. The molecular formula is C7H10N4S2. The Morgan fingerprint density at radius 1 is 1.77 bits per heavy atom. The molecule has 0 radical (unpaired) electrons. The Balaban J connectivity index is 2.45. The Hall–Kier alpha value is -1.01. The first-order valence-electron chi connectivity index (χ1n) is 3.66. The van der Waals surface area contributed by atoms with Crippen LogP contribution in [0.1, 0.15) is 10.6 Å². The smallest absolute Gasteiger partial charge is 0.186 e. The van der Waals surface area contributed by atoms with Gasteiger partial charge >= 0.3 is 0 Å². The maximum Gasteiger partial charge on any atom is 0.186 e. The third kappa shape index (κ3) is 3.47. The van der Waals surface area contributed by atoms with Gasteiger partial charge in [-0.25, -0.2) is 0 Å². The Morgan fingerprint density at radius 3 is 3.08 bits per heavy atom. The fourth-order valence-electron chi connectivity index (χ4n) is 0.655. The van der Waals surface area contributed by atoms with Gasteiger partial charge in [0.15, 0.2) is 5.11 Å². The summed E-state index contributed by atoms with van der Waals surface area (Å²) >= 11 is 6.23. The zero-order chi connectivity index (χ0) is 9.68. The summed E-state index contributed by atoms with van der Waals surface area (Å²) in [6.07, 6.45) is 1.69. The number of aryl methyl sites for hydroxylation is 1. The topological polar surface area (TPSA) is 49.3 Å². The zero-order valence-corrected chi connectivity index (χ0v) is 9.00. The standard InChI is InChI=1S/C7H10N4S2/c1-5-3-6(13-11-5)4-9-10-7(12)8-2/h3-4H,1-2H3,(H2,8,10,12)/b9-4+. The van der Waals surface area contributed by atoms with Crippen molar-refractivity contribution in [3.63, 3.8) is 0 Å². The van der Waals surface area contributed by atoms with Gasteiger partial charge in [-0.15, -0.1) is 0 Å². The van der Waals surface area contributed by atoms with Gasteiger partial charge in [-0.1, -0.05) is 0 Å². The summed E-state index contributed by atoms with van der Waals surface area (Å²) in [6, 6.07) is 1.96. The first kappa shape index (κ1) is 10.1. The molecule has 0 aliphatic rings. The van der Waals surface area contributed by atoms with E-state index in [0.29, 0.717) is 5.11 Å². The monoisotopic (exact) mass is 214 g/mol. The molecular weight excluding hydrogens is 204 g/mol. The lowest BCUT2D eigenvalue weighted by Crippen LogP contribution is -2.28. The van der Waals surface area contributed by atoms with Crippen molar-refractivity contribution < 1.29 is 0 Å². The van der Waals surface area contributed by atoms with Crippen LogP contribution in [0.4, 0.5) is 0 Å². The molecule has 2 N–H and O–H groups in total. The predicted molar refractivity (Wildman–Crippen MR) is 59.2 cm³/mol. The van der Waals surface area contributed by atoms with E-state index in [9.17, 15) is 0 Å². The maximum absolute atomic E-state index is 4.83. The molecule has 0 aliphatic carbocycles. The van der Waals surface area contributed by atoms with Crippen LogP contribution in [-0.4, -0.2) is 22.7 Å². The van der Waals surface area contributed by atoms with Gasteiger partial charge in [-0.3, -0.25) is 5.43 Å². The molecule has 1 rings (SSSR count). The van der Waals surface area contributed by atoms with Gasteiger partial charge in [0, 0.05) is 7.05 Å². The highest BCUT2D eigenvalue weighted by Crippen LogP contribution is 2.05. The van der Waals surface area contributed by atoms with Gasteiger partial charge in [-0.2, -0.15) is 9.47 Å². The number of thiocarbonyl (C=S) groups is 1. The second-order valence-corrected chi connectivity index (χ2v) is 3.56. The molecule has 0 atom stereocenters. The van der Waals surface area contributed by atoms with Gasteiger partial charge in [0.1, 0.15) is 0 Å². The van der Waals surface area contributed by atoms with Crippen LogP contribution in [0.3, 0.4) is 0 Å². The predicted octanol–water partition coefficient (Wildman–Crippen LogP) is 0.879. The molecule has 0 amide bonds. The lowest BCUT2D eigenvalue weighted by molar-refractivity contribution is 0.982. The molecule has 70 valence electrons. The van der Waals surface area contributed by atoms with Crippen molar-refractivity contribution in [2.75, 3.05) is 7.05 Å². The summed E-state index contributed by atoms with van der Waals surface area (Å²) in [7, 11) is 1.74. The van der Waals surface area contributed by atoms with E-state index < -0.39 is 0 Å². The number of aromatic nitrogens is 1. The molecule has 0 aromatic carbocycles. The third-order valence-corrected chi connectivity index (χ3v) is 2.34. The van der Waals surface area contributed by atoms with Crippen molar-refractivity contribution in [2.45, 2.75) is 6.92 Å². The van der Waals surface area contributed by atoms with Crippen molar-refractivity contribution in [3.05, 3.63) is 16.6 Å². The van der Waals surface area contributed by atoms with Crippen LogP contribution < -0.4 is 10.7 Å². The average Bonchev–Trinajstić information content (AvgIpc) is 2.51. The summed E-state index contributed by atoms with van der Waals surface area (Å²) in [5, 5.41) is 7.17. The molecule has 0 bridgehead atoms. The molecule has 0 unspecified atom stereocenters. The second-order valence-electron chi connectivity index (χ2n) is 2.32. The molecule has 1 heterocycles. The number of rotatable bonds is 2. The maximum atomic E-state index is 4.83. The summed E-state index contributed by atoms with van der Waals surface area (Å²) < 4.78 is 4.11. The van der Waals surface area contributed by atoms with Crippen LogP contribution in [0.15, 0.2) is 11.2 Å². The number of hydrazone groups is 1. The van der Waals surface area contributed by atoms with Gasteiger partial charge in [-0.05, 0) is 36.7 Å². The first-order chi connectivity index (χ1) is 6.22. The molecule has 0 saturated heterocycles. The fraction of sp³-hybridized carbons (Fsp3) is 0.286. The number of nitrogens with zero attached hydrogens (tertiary/aromatic N) is 2. The fourth-order valence-corrected chi connectivity index (χ4v) is 1.33. The van der Waals surface area contributed by atoms with Crippen molar-refractivity contribution in [1.82, 2.24) is 15.1 Å². The van der Waals surface area contributed by atoms with E-state index in [2.05, 4.69) is 20.2 Å². The lowest BCUT2D eigenvalue weighted by atomic mass is 10.4. The Bertz CT molecular complexity index is 318. The highest BCUT2D eigenvalue weighted by Gasteiger charge is 1.93. The van der Waals surface area contributed by atoms with Crippen LogP contribution in [0.25, 0.3) is 0 Å². The normalized spacial score (nSPS) is 10.3. The quantitative estimate of drug-likeness (QED) is 0.436. The molecule has 4 nitrogen and oxygen atoms in total. The molecule has 0 spiro atoms. The van der Waals surface area contributed by atoms with Crippen LogP contribution in [0, 0.1) is 6.92 Å². The highest BCUT2D eigenvalue weighted by molar-refractivity contribution is 7.80. The number of nitrogens with one attached hydrogen (secondary N) is 2. The van der Waals surface area contributed by atoms with Crippen molar-refractivity contribution in [1.29, 1.82) is 0 Å². The molecule has 0 saturated carbocycles. The van der Waals surface area contributed by atoms with E-state index in [4.69, 9.17) is 12.2 Å². The molecule has 0 aliphatic heterocycles. The van der Waals surface area contributed by atoms with E-state index in [1.54, 1.807) is 13.3 Å². The molecule has 6 heteroatoms. The van der Waals surface area contributed by atoms with Gasteiger partial charge in [0.05, 0.1) is 16.8 Å². The SMILES string of the molecule is CNC(=S)N/N=C/c1cc(C)ns1. The minimum atomic E-state index is 0.498. The molecule has 1 aromatic heterocycles. The number of hydrogen-bond acceptors (Lipinski definition) is 4. The third-order valence-electron chi connectivity index (χ3n) is 1.23. The minimum Gasteiger partial charge on any atom is -0.364 e. The lowest BCUT2D eigenvalue weighted by Gasteiger charge is -1.97. The highest BCUT2D eigenvalue weighted by atomic mass is 32.1. The van der Waals surface area contributed by atoms with Crippen molar-refractivity contribution >= 4 is 35.1 Å². The molecule has 13 heavy (non-hydrogen) atoms. The van der Waals surface area contributed by atoms with Gasteiger partial charge in [0.25, 0.3) is 0 Å². The second kappa shape index (κ2) is 4.88. The largest absolute Gasteiger partial charge is 0.364 e. The van der Waals surface area contributed by atoms with E-state index in [1.807, 2.05) is 13.0 Å². The first-order valence-corrected chi connectivity index (χ1v) is 4.84. The van der Waals surface area contributed by atoms with Crippen LogP contribution in [-0.2, 0) is 0 Å². The van der Waals surface area contributed by atoms with Crippen LogP contribution >= 0.6 is 23.8 Å². The van der Waals surface area contributed by atoms with E-state index in [-0.39, 0.29) is 0 Å². The summed E-state index contributed by atoms with van der Waals surface area (Å²) in [5.41, 5.74) is 3.66. The number of hydrogen-bond donors (Lipinski definition) is 2. The van der Waals surface area contributed by atoms with E-state index in [1.165, 1.54) is 11.5 Å². The minimum absolute atomic E-state index is 0.498. The van der Waals surface area contributed by atoms with Crippen LogP contribution in [0.2, 0.25) is 0 Å². The van der Waals surface area contributed by atoms with E-state index >= 15 is 0 Å². The Morgan fingerprint density at radius 2 is 2.54 bits per heavy atom. The van der Waals surface area contributed by atoms with Crippen molar-refractivity contribution in [3.8, 4) is 0 Å². The zero-order valence-electron chi connectivity index (χ0n) is 7.37. The average molecular weight is 214 g/mol. The van der Waals surface area contributed by atoms with Gasteiger partial charge in [0.2, 0.25) is 0 Å². The van der Waals surface area contributed by atoms with E-state index in [0.717, 1.165) is 10.6 Å². The summed E-state index contributed by atoms with van der Waals surface area (Å²) in [5.74, 6) is 0.